The fraction of sp³-hybridized carbons (Fsp3) is 1.00. The van der Waals surface area contributed by atoms with Crippen LogP contribution in [0.5, 0.6) is 0 Å². The van der Waals surface area contributed by atoms with Crippen molar-refractivity contribution in [1.82, 2.24) is 5.32 Å². The first-order valence-corrected chi connectivity index (χ1v) is 8.19. The van der Waals surface area contributed by atoms with Gasteiger partial charge in [0.05, 0.1) is 6.61 Å². The van der Waals surface area contributed by atoms with E-state index in [1.165, 1.54) is 64.3 Å². The highest BCUT2D eigenvalue weighted by molar-refractivity contribution is 4.76. The minimum Gasteiger partial charge on any atom is -0.381 e. The van der Waals surface area contributed by atoms with Crippen LogP contribution >= 0.6 is 0 Å². The van der Waals surface area contributed by atoms with Gasteiger partial charge in [0.1, 0.15) is 0 Å². The zero-order valence-corrected chi connectivity index (χ0v) is 12.1. The minimum atomic E-state index is 0.772. The quantitative estimate of drug-likeness (QED) is 0.753. The van der Waals surface area contributed by atoms with Crippen LogP contribution in [0.3, 0.4) is 0 Å². The molecule has 1 heterocycles. The molecular formula is C16H31NO. The van der Waals surface area contributed by atoms with Gasteiger partial charge in [0.15, 0.2) is 0 Å². The lowest BCUT2D eigenvalue weighted by atomic mass is 9.95. The molecule has 106 valence electrons. The van der Waals surface area contributed by atoms with Gasteiger partial charge in [0, 0.05) is 19.2 Å². The zero-order chi connectivity index (χ0) is 12.6. The van der Waals surface area contributed by atoms with E-state index in [1.807, 2.05) is 0 Å². The second kappa shape index (κ2) is 8.16. The maximum atomic E-state index is 5.56. The number of rotatable bonds is 5. The van der Waals surface area contributed by atoms with E-state index in [9.17, 15) is 0 Å². The van der Waals surface area contributed by atoms with Gasteiger partial charge in [-0.2, -0.15) is 0 Å². The smallest absolute Gasteiger partial charge is 0.0506 e. The summed E-state index contributed by atoms with van der Waals surface area (Å²) in [7, 11) is 0. The van der Waals surface area contributed by atoms with Gasteiger partial charge in [-0.05, 0) is 43.9 Å². The Bertz CT molecular complexity index is 213. The standard InChI is InChI=1S/C16H31NO/c1-2-5-14-6-3-8-16(10-9-14)17-12-15-7-4-11-18-13-15/h14-17H,2-13H2,1H3. The Morgan fingerprint density at radius 3 is 2.67 bits per heavy atom. The van der Waals surface area contributed by atoms with Crippen molar-refractivity contribution in [2.45, 2.75) is 70.8 Å². The van der Waals surface area contributed by atoms with Crippen LogP contribution in [0.1, 0.15) is 64.7 Å². The van der Waals surface area contributed by atoms with Gasteiger partial charge in [0.2, 0.25) is 0 Å². The maximum absolute atomic E-state index is 5.56. The third-order valence-electron chi connectivity index (χ3n) is 4.74. The van der Waals surface area contributed by atoms with Crippen LogP contribution in [-0.4, -0.2) is 25.8 Å². The molecule has 3 unspecified atom stereocenters. The molecule has 3 atom stereocenters. The number of nitrogens with one attached hydrogen (secondary N) is 1. The largest absolute Gasteiger partial charge is 0.381 e. The van der Waals surface area contributed by atoms with Gasteiger partial charge >= 0.3 is 0 Å². The van der Waals surface area contributed by atoms with E-state index in [4.69, 9.17) is 4.74 Å². The average Bonchev–Trinajstić information content (AvgIpc) is 2.64. The lowest BCUT2D eigenvalue weighted by Crippen LogP contribution is -2.36. The van der Waals surface area contributed by atoms with Crippen molar-refractivity contribution < 1.29 is 4.74 Å². The summed E-state index contributed by atoms with van der Waals surface area (Å²) < 4.78 is 5.56. The molecule has 1 aliphatic heterocycles. The number of ether oxygens (including phenoxy) is 1. The number of hydrogen-bond donors (Lipinski definition) is 1. The normalized spacial score (nSPS) is 34.2. The Labute approximate surface area is 113 Å². The van der Waals surface area contributed by atoms with E-state index < -0.39 is 0 Å². The van der Waals surface area contributed by atoms with Crippen LogP contribution in [0.15, 0.2) is 0 Å². The molecular weight excluding hydrogens is 222 g/mol. The second-order valence-electron chi connectivity index (χ2n) is 6.35. The predicted octanol–water partition coefficient (Wildman–Crippen LogP) is 3.75. The molecule has 2 heteroatoms. The van der Waals surface area contributed by atoms with Crippen LogP contribution in [0.4, 0.5) is 0 Å². The molecule has 0 aromatic rings. The summed E-state index contributed by atoms with van der Waals surface area (Å²) in [5.74, 6) is 1.79. The highest BCUT2D eigenvalue weighted by Gasteiger charge is 2.20. The molecule has 1 saturated heterocycles. The van der Waals surface area contributed by atoms with E-state index >= 15 is 0 Å². The van der Waals surface area contributed by atoms with Crippen LogP contribution < -0.4 is 5.32 Å². The molecule has 1 N–H and O–H groups in total. The highest BCUT2D eigenvalue weighted by atomic mass is 16.5. The molecule has 1 saturated carbocycles. The molecule has 2 aliphatic rings. The molecule has 0 aromatic heterocycles. The summed E-state index contributed by atoms with van der Waals surface area (Å²) in [5, 5.41) is 3.81. The molecule has 2 nitrogen and oxygen atoms in total. The van der Waals surface area contributed by atoms with Crippen LogP contribution in [0.25, 0.3) is 0 Å². The first-order chi connectivity index (χ1) is 8.88. The summed E-state index contributed by atoms with van der Waals surface area (Å²) >= 11 is 0. The molecule has 1 aliphatic carbocycles. The van der Waals surface area contributed by atoms with E-state index in [1.54, 1.807) is 0 Å². The maximum Gasteiger partial charge on any atom is 0.0506 e. The monoisotopic (exact) mass is 253 g/mol. The Balaban J connectivity index is 1.63. The van der Waals surface area contributed by atoms with Crippen LogP contribution in [-0.2, 0) is 4.74 Å². The van der Waals surface area contributed by atoms with Crippen molar-refractivity contribution in [3.8, 4) is 0 Å². The lowest BCUT2D eigenvalue weighted by Gasteiger charge is -2.25. The van der Waals surface area contributed by atoms with Crippen molar-refractivity contribution in [2.24, 2.45) is 11.8 Å². The summed E-state index contributed by atoms with van der Waals surface area (Å²) in [6.07, 6.45) is 12.6. The van der Waals surface area contributed by atoms with Gasteiger partial charge in [-0.1, -0.05) is 32.6 Å². The summed E-state index contributed by atoms with van der Waals surface area (Å²) in [5.41, 5.74) is 0. The van der Waals surface area contributed by atoms with Crippen LogP contribution in [0.2, 0.25) is 0 Å². The molecule has 0 amide bonds. The number of hydrogen-bond acceptors (Lipinski definition) is 2. The van der Waals surface area contributed by atoms with Crippen molar-refractivity contribution in [1.29, 1.82) is 0 Å². The summed E-state index contributed by atoms with van der Waals surface area (Å²) in [6.45, 7) is 5.48. The van der Waals surface area contributed by atoms with Gasteiger partial charge in [-0.25, -0.2) is 0 Å². The van der Waals surface area contributed by atoms with Gasteiger partial charge in [-0.3, -0.25) is 0 Å². The third kappa shape index (κ3) is 4.89. The fourth-order valence-electron chi connectivity index (χ4n) is 3.58. The third-order valence-corrected chi connectivity index (χ3v) is 4.74. The minimum absolute atomic E-state index is 0.772. The lowest BCUT2D eigenvalue weighted by molar-refractivity contribution is 0.0536. The average molecular weight is 253 g/mol. The molecule has 2 rings (SSSR count). The van der Waals surface area contributed by atoms with Crippen molar-refractivity contribution >= 4 is 0 Å². The first-order valence-electron chi connectivity index (χ1n) is 8.19. The highest BCUT2D eigenvalue weighted by Crippen LogP contribution is 2.27. The Morgan fingerprint density at radius 1 is 1.00 bits per heavy atom. The van der Waals surface area contributed by atoms with E-state index in [-0.39, 0.29) is 0 Å². The Morgan fingerprint density at radius 2 is 1.89 bits per heavy atom. The molecule has 0 radical (unpaired) electrons. The second-order valence-corrected chi connectivity index (χ2v) is 6.35. The van der Waals surface area contributed by atoms with Gasteiger partial charge in [-0.15, -0.1) is 0 Å². The van der Waals surface area contributed by atoms with Crippen molar-refractivity contribution in [3.63, 3.8) is 0 Å². The van der Waals surface area contributed by atoms with E-state index in [2.05, 4.69) is 12.2 Å². The van der Waals surface area contributed by atoms with Crippen molar-refractivity contribution in [3.05, 3.63) is 0 Å². The Kier molecular flexibility index (Phi) is 6.50. The SMILES string of the molecule is CCCC1CCCC(NCC2CCCOC2)CC1. The Hall–Kier alpha value is -0.0800. The fourth-order valence-corrected chi connectivity index (χ4v) is 3.58. The molecule has 2 fully saturated rings. The molecule has 0 spiro atoms. The predicted molar refractivity (Wildman–Crippen MR) is 76.8 cm³/mol. The molecule has 0 bridgehead atoms. The van der Waals surface area contributed by atoms with Crippen LogP contribution in [0, 0.1) is 11.8 Å². The summed E-state index contributed by atoms with van der Waals surface area (Å²) in [4.78, 5) is 0. The molecule has 18 heavy (non-hydrogen) atoms. The topological polar surface area (TPSA) is 21.3 Å². The van der Waals surface area contributed by atoms with E-state index in [0.29, 0.717) is 0 Å². The van der Waals surface area contributed by atoms with Gasteiger partial charge in [0.25, 0.3) is 0 Å². The first kappa shape index (κ1) is 14.3. The molecule has 0 aromatic carbocycles. The van der Waals surface area contributed by atoms with Crippen molar-refractivity contribution in [2.75, 3.05) is 19.8 Å². The van der Waals surface area contributed by atoms with Gasteiger partial charge < -0.3 is 10.1 Å². The zero-order valence-electron chi connectivity index (χ0n) is 12.1. The van der Waals surface area contributed by atoms with E-state index in [0.717, 1.165) is 31.1 Å². The summed E-state index contributed by atoms with van der Waals surface area (Å²) in [6, 6.07) is 0.786.